The van der Waals surface area contributed by atoms with Crippen LogP contribution in [-0.4, -0.2) is 89.4 Å². The molecule has 0 bridgehead atoms. The maximum atomic E-state index is 13.9. The van der Waals surface area contributed by atoms with E-state index in [4.69, 9.17) is 4.74 Å². The molecule has 0 aromatic heterocycles. The van der Waals surface area contributed by atoms with E-state index < -0.39 is 12.1 Å². The summed E-state index contributed by atoms with van der Waals surface area (Å²) < 4.78 is 5.75. The maximum Gasteiger partial charge on any atom is 0.251 e. The second kappa shape index (κ2) is 11.5. The smallest absolute Gasteiger partial charge is 0.251 e. The van der Waals surface area contributed by atoms with Crippen molar-refractivity contribution in [1.82, 2.24) is 15.1 Å². The Morgan fingerprint density at radius 1 is 1.05 bits per heavy atom. The number of carbonyl (C=O) groups excluding carboxylic acids is 3. The first-order valence-electron chi connectivity index (χ1n) is 14.0. The zero-order valence-corrected chi connectivity index (χ0v) is 23.2. The van der Waals surface area contributed by atoms with Crippen molar-refractivity contribution < 1.29 is 19.1 Å². The lowest BCUT2D eigenvalue weighted by Crippen LogP contribution is -2.54. The molecule has 1 saturated carbocycles. The van der Waals surface area contributed by atoms with E-state index in [-0.39, 0.29) is 41.5 Å². The van der Waals surface area contributed by atoms with Crippen LogP contribution in [0.4, 0.5) is 0 Å². The van der Waals surface area contributed by atoms with E-state index in [1.54, 1.807) is 16.7 Å². The molecule has 5 rings (SSSR count). The first-order chi connectivity index (χ1) is 17.9. The van der Waals surface area contributed by atoms with Crippen LogP contribution in [0.2, 0.25) is 0 Å². The molecule has 8 heteroatoms. The van der Waals surface area contributed by atoms with Gasteiger partial charge in [0.1, 0.15) is 18.7 Å². The van der Waals surface area contributed by atoms with Crippen molar-refractivity contribution in [2.24, 2.45) is 5.92 Å². The van der Waals surface area contributed by atoms with Crippen molar-refractivity contribution in [1.29, 1.82) is 0 Å². The fourth-order valence-electron chi connectivity index (χ4n) is 6.78. The van der Waals surface area contributed by atoms with Gasteiger partial charge in [-0.15, -0.1) is 0 Å². The molecule has 2 amide bonds. The monoisotopic (exact) mass is 527 g/mol. The zero-order chi connectivity index (χ0) is 26.1. The van der Waals surface area contributed by atoms with Gasteiger partial charge in [-0.25, -0.2) is 0 Å². The molecule has 3 heterocycles. The summed E-state index contributed by atoms with van der Waals surface area (Å²) in [6, 6.07) is 7.43. The maximum absolute atomic E-state index is 13.9. The first-order valence-corrected chi connectivity index (χ1v) is 15.3. The van der Waals surface area contributed by atoms with Gasteiger partial charge in [-0.1, -0.05) is 25.0 Å². The summed E-state index contributed by atoms with van der Waals surface area (Å²) in [4.78, 5) is 44.1. The summed E-state index contributed by atoms with van der Waals surface area (Å²) in [6.07, 6.45) is 8.00. The molecule has 1 aromatic rings. The highest BCUT2D eigenvalue weighted by atomic mass is 32.2. The quantitative estimate of drug-likeness (QED) is 0.585. The van der Waals surface area contributed by atoms with Gasteiger partial charge in [-0.05, 0) is 88.4 Å². The Balaban J connectivity index is 1.27. The van der Waals surface area contributed by atoms with Crippen LogP contribution in [0.25, 0.3) is 0 Å². The molecule has 1 aliphatic carbocycles. The van der Waals surface area contributed by atoms with E-state index in [1.807, 2.05) is 18.4 Å². The van der Waals surface area contributed by atoms with Gasteiger partial charge in [-0.3, -0.25) is 14.4 Å². The molecular weight excluding hydrogens is 486 g/mol. The minimum atomic E-state index is -0.607. The number of nitrogens with one attached hydrogen (secondary N) is 1. The third-order valence-electron chi connectivity index (χ3n) is 9.05. The third-order valence-corrected chi connectivity index (χ3v) is 10.1. The highest BCUT2D eigenvalue weighted by Crippen LogP contribution is 2.36. The summed E-state index contributed by atoms with van der Waals surface area (Å²) in [5.74, 6) is 0.266. The molecule has 7 nitrogen and oxygen atoms in total. The number of ether oxygens (including phenoxy) is 1. The van der Waals surface area contributed by atoms with Gasteiger partial charge in [-0.2, -0.15) is 11.8 Å². The molecule has 4 aliphatic rings. The standard InChI is InChI=1S/C29H41N3O4S/c1-18(2)31-14-12-20(13-15-31)19-8-10-22(11-9-19)28(34)30-25(21-6-4-5-7-21)29(35)32-16-24(37-3)27-26(32)23(33)17-36-27/h8-11,18,20-21,24-27H,4-7,12-17H2,1-3H3,(H,30,34)/t24-,25-,26+,27+/m0/s1. The molecule has 3 aliphatic heterocycles. The molecule has 37 heavy (non-hydrogen) atoms. The molecule has 1 aromatic carbocycles. The van der Waals surface area contributed by atoms with Crippen LogP contribution in [0.3, 0.4) is 0 Å². The average molecular weight is 528 g/mol. The normalized spacial score (nSPS) is 28.2. The van der Waals surface area contributed by atoms with Crippen LogP contribution in [0.5, 0.6) is 0 Å². The number of benzene rings is 1. The van der Waals surface area contributed by atoms with E-state index in [2.05, 4.69) is 36.2 Å². The van der Waals surface area contributed by atoms with Crippen molar-refractivity contribution >= 4 is 29.4 Å². The molecule has 4 atom stereocenters. The number of fused-ring (bicyclic) bond motifs is 1. The minimum absolute atomic E-state index is 0.0267. The highest BCUT2D eigenvalue weighted by molar-refractivity contribution is 7.99. The van der Waals surface area contributed by atoms with Crippen molar-refractivity contribution in [3.05, 3.63) is 35.4 Å². The SMILES string of the molecule is CS[C@H]1CN(C(=O)[C@@H](NC(=O)c2ccc(C3CCN(C(C)C)CC3)cc2)C2CCCC2)[C@@H]2C(=O)CO[C@H]12. The first kappa shape index (κ1) is 26.7. The Morgan fingerprint density at radius 2 is 1.73 bits per heavy atom. The topological polar surface area (TPSA) is 79.0 Å². The second-order valence-corrected chi connectivity index (χ2v) is 12.6. The van der Waals surface area contributed by atoms with E-state index in [0.717, 1.165) is 51.6 Å². The van der Waals surface area contributed by atoms with Gasteiger partial charge < -0.3 is 19.9 Å². The Labute approximate surface area is 225 Å². The molecule has 4 fully saturated rings. The predicted octanol–water partition coefficient (Wildman–Crippen LogP) is 3.47. The van der Waals surface area contributed by atoms with Gasteiger partial charge in [0.15, 0.2) is 5.78 Å². The zero-order valence-electron chi connectivity index (χ0n) is 22.4. The Bertz CT molecular complexity index is 985. The molecule has 202 valence electrons. The fraction of sp³-hybridized carbons (Fsp3) is 0.690. The number of thioether (sulfide) groups is 1. The highest BCUT2D eigenvalue weighted by Gasteiger charge is 2.53. The molecule has 3 saturated heterocycles. The number of carbonyl (C=O) groups is 3. The number of likely N-dealkylation sites (tertiary alicyclic amines) is 2. The van der Waals surface area contributed by atoms with E-state index in [0.29, 0.717) is 24.1 Å². The van der Waals surface area contributed by atoms with E-state index in [1.165, 1.54) is 5.56 Å². The van der Waals surface area contributed by atoms with Gasteiger partial charge in [0, 0.05) is 18.2 Å². The van der Waals surface area contributed by atoms with Crippen LogP contribution in [0.15, 0.2) is 24.3 Å². The van der Waals surface area contributed by atoms with Gasteiger partial charge >= 0.3 is 0 Å². The van der Waals surface area contributed by atoms with Gasteiger partial charge in [0.25, 0.3) is 5.91 Å². The summed E-state index contributed by atoms with van der Waals surface area (Å²) in [7, 11) is 0. The van der Waals surface area contributed by atoms with Crippen LogP contribution >= 0.6 is 11.8 Å². The number of hydrogen-bond acceptors (Lipinski definition) is 6. The van der Waals surface area contributed by atoms with E-state index in [9.17, 15) is 14.4 Å². The molecular formula is C29H41N3O4S. The minimum Gasteiger partial charge on any atom is -0.367 e. The van der Waals surface area contributed by atoms with Crippen LogP contribution in [0, 0.1) is 5.92 Å². The van der Waals surface area contributed by atoms with Crippen molar-refractivity contribution in [2.75, 3.05) is 32.5 Å². The van der Waals surface area contributed by atoms with Crippen molar-refractivity contribution in [3.63, 3.8) is 0 Å². The Morgan fingerprint density at radius 3 is 2.35 bits per heavy atom. The lowest BCUT2D eigenvalue weighted by Gasteiger charge is -2.34. The number of piperidine rings is 1. The van der Waals surface area contributed by atoms with Crippen LogP contribution in [-0.2, 0) is 14.3 Å². The summed E-state index contributed by atoms with van der Waals surface area (Å²) in [5.41, 5.74) is 1.87. The van der Waals surface area contributed by atoms with Gasteiger partial charge in [0.2, 0.25) is 5.91 Å². The lowest BCUT2D eigenvalue weighted by molar-refractivity contribution is -0.139. The molecule has 0 radical (unpaired) electrons. The molecule has 0 spiro atoms. The Kier molecular flexibility index (Phi) is 8.27. The number of amides is 2. The number of rotatable bonds is 7. The predicted molar refractivity (Wildman–Crippen MR) is 146 cm³/mol. The molecule has 0 unspecified atom stereocenters. The van der Waals surface area contributed by atoms with Gasteiger partial charge in [0.05, 0.1) is 11.4 Å². The number of Topliss-reactive ketones (excluding diaryl/α,β-unsaturated/α-hetero) is 1. The fourth-order valence-corrected chi connectivity index (χ4v) is 7.58. The number of nitrogens with zero attached hydrogens (tertiary/aromatic N) is 2. The third kappa shape index (κ3) is 5.48. The summed E-state index contributed by atoms with van der Waals surface area (Å²) >= 11 is 1.64. The lowest BCUT2D eigenvalue weighted by atomic mass is 9.88. The second-order valence-electron chi connectivity index (χ2n) is 11.5. The summed E-state index contributed by atoms with van der Waals surface area (Å²) in [6.45, 7) is 7.28. The van der Waals surface area contributed by atoms with E-state index >= 15 is 0 Å². The largest absolute Gasteiger partial charge is 0.367 e. The number of hydrogen-bond donors (Lipinski definition) is 1. The van der Waals surface area contributed by atoms with Crippen molar-refractivity contribution in [2.45, 2.75) is 87.8 Å². The van der Waals surface area contributed by atoms with Crippen molar-refractivity contribution in [3.8, 4) is 0 Å². The van der Waals surface area contributed by atoms with Crippen LogP contribution in [0.1, 0.15) is 74.2 Å². The summed E-state index contributed by atoms with van der Waals surface area (Å²) in [5, 5.41) is 3.18. The number of ketones is 1. The Hall–Kier alpha value is -1.90. The van der Waals surface area contributed by atoms with Crippen LogP contribution < -0.4 is 5.32 Å². The molecule has 1 N–H and O–H groups in total. The average Bonchev–Trinajstić information content (AvgIpc) is 3.66.